The number of hydrogen-bond donors (Lipinski definition) is 1. The first-order chi connectivity index (χ1) is 7.24. The summed E-state index contributed by atoms with van der Waals surface area (Å²) in [4.78, 5) is 13.8. The van der Waals surface area contributed by atoms with Crippen molar-refractivity contribution in [3.8, 4) is 0 Å². The first-order valence-electron chi connectivity index (χ1n) is 5.87. The summed E-state index contributed by atoms with van der Waals surface area (Å²) in [5.74, 6) is 0.965. The highest BCUT2D eigenvalue weighted by Crippen LogP contribution is 2.37. The van der Waals surface area contributed by atoms with Gasteiger partial charge in [-0.15, -0.1) is 0 Å². The minimum atomic E-state index is -0.850. The van der Waals surface area contributed by atoms with Crippen LogP contribution in [-0.2, 0) is 4.79 Å². The molecule has 2 aliphatic heterocycles. The van der Waals surface area contributed by atoms with Crippen LogP contribution < -0.4 is 5.32 Å². The number of carbonyl (C=O) groups excluding carboxylic acids is 1. The summed E-state index contributed by atoms with van der Waals surface area (Å²) in [6.45, 7) is 3.71. The predicted octanol–water partition coefficient (Wildman–Crippen LogP) is 0.412. The molecule has 3 nitrogen and oxygen atoms in total. The fourth-order valence-corrected chi connectivity index (χ4v) is 2.94. The number of rotatable bonds is 1. The van der Waals surface area contributed by atoms with Crippen molar-refractivity contribution in [2.24, 2.45) is 17.8 Å². The van der Waals surface area contributed by atoms with E-state index in [1.54, 1.807) is 0 Å². The quantitative estimate of drug-likeness (QED) is 0.683. The van der Waals surface area contributed by atoms with Gasteiger partial charge in [-0.05, 0) is 37.8 Å². The summed E-state index contributed by atoms with van der Waals surface area (Å²) in [7, 11) is 0. The molecule has 0 radical (unpaired) electrons. The highest BCUT2D eigenvalue weighted by atomic mass is 19.1. The highest BCUT2D eigenvalue weighted by Gasteiger charge is 2.47. The molecular formula is C11H17FN2O. The second-order valence-corrected chi connectivity index (χ2v) is 5.23. The molecule has 84 valence electrons. The summed E-state index contributed by atoms with van der Waals surface area (Å²) in [6, 6.07) is 0. The summed E-state index contributed by atoms with van der Waals surface area (Å²) in [5.41, 5.74) is 0. The molecule has 3 rings (SSSR count). The van der Waals surface area contributed by atoms with Crippen molar-refractivity contribution in [1.82, 2.24) is 10.2 Å². The predicted molar refractivity (Wildman–Crippen MR) is 54.0 cm³/mol. The van der Waals surface area contributed by atoms with Crippen molar-refractivity contribution >= 4 is 5.91 Å². The van der Waals surface area contributed by atoms with Crippen LogP contribution in [0.4, 0.5) is 4.39 Å². The molecule has 3 fully saturated rings. The lowest BCUT2D eigenvalue weighted by Crippen LogP contribution is -2.53. The Bertz CT molecular complexity index is 272. The number of nitrogens with one attached hydrogen (secondary N) is 1. The van der Waals surface area contributed by atoms with Crippen LogP contribution in [0.1, 0.15) is 12.8 Å². The summed E-state index contributed by atoms with van der Waals surface area (Å²) >= 11 is 0. The molecule has 15 heavy (non-hydrogen) atoms. The van der Waals surface area contributed by atoms with Gasteiger partial charge in [0.2, 0.25) is 5.91 Å². The van der Waals surface area contributed by atoms with E-state index in [0.717, 1.165) is 26.2 Å². The molecule has 0 aromatic heterocycles. The SMILES string of the molecule is O=C([C@H]1C[C@@H]1F)N1C[C@@H]2CNC[C@@H](C2)C1. The fourth-order valence-electron chi connectivity index (χ4n) is 2.94. The molecule has 3 aliphatic rings. The molecule has 4 atom stereocenters. The molecule has 0 aromatic rings. The summed E-state index contributed by atoms with van der Waals surface area (Å²) in [6.07, 6.45) is 0.848. The van der Waals surface area contributed by atoms with Crippen LogP contribution in [0.2, 0.25) is 0 Å². The first kappa shape index (κ1) is 9.58. The van der Waals surface area contributed by atoms with Gasteiger partial charge < -0.3 is 10.2 Å². The number of piperidine rings is 2. The largest absolute Gasteiger partial charge is 0.342 e. The Morgan fingerprint density at radius 2 is 1.80 bits per heavy atom. The zero-order valence-electron chi connectivity index (χ0n) is 8.79. The van der Waals surface area contributed by atoms with E-state index in [1.807, 2.05) is 4.90 Å². The van der Waals surface area contributed by atoms with Gasteiger partial charge in [-0.1, -0.05) is 0 Å². The molecule has 0 spiro atoms. The van der Waals surface area contributed by atoms with E-state index in [9.17, 15) is 9.18 Å². The van der Waals surface area contributed by atoms with Crippen LogP contribution in [0.3, 0.4) is 0 Å². The normalized spacial score (nSPS) is 43.9. The van der Waals surface area contributed by atoms with E-state index >= 15 is 0 Å². The smallest absolute Gasteiger partial charge is 0.228 e. The van der Waals surface area contributed by atoms with Crippen LogP contribution in [0, 0.1) is 17.8 Å². The summed E-state index contributed by atoms with van der Waals surface area (Å²) in [5, 5.41) is 3.39. The van der Waals surface area contributed by atoms with Gasteiger partial charge in [-0.25, -0.2) is 4.39 Å². The first-order valence-corrected chi connectivity index (χ1v) is 5.87. The Hall–Kier alpha value is -0.640. The number of carbonyl (C=O) groups is 1. The van der Waals surface area contributed by atoms with Gasteiger partial charge in [0, 0.05) is 13.1 Å². The molecule has 0 aromatic carbocycles. The lowest BCUT2D eigenvalue weighted by Gasteiger charge is -2.41. The van der Waals surface area contributed by atoms with E-state index < -0.39 is 6.17 Å². The number of fused-ring (bicyclic) bond motifs is 2. The van der Waals surface area contributed by atoms with E-state index in [2.05, 4.69) is 5.32 Å². The molecule has 4 heteroatoms. The van der Waals surface area contributed by atoms with Crippen LogP contribution >= 0.6 is 0 Å². The van der Waals surface area contributed by atoms with E-state index in [0.29, 0.717) is 18.3 Å². The molecule has 2 heterocycles. The zero-order valence-corrected chi connectivity index (χ0v) is 8.79. The third kappa shape index (κ3) is 1.75. The van der Waals surface area contributed by atoms with Crippen LogP contribution in [0.5, 0.6) is 0 Å². The lowest BCUT2D eigenvalue weighted by atomic mass is 9.85. The second-order valence-electron chi connectivity index (χ2n) is 5.23. The average Bonchev–Trinajstić information content (AvgIpc) is 2.94. The van der Waals surface area contributed by atoms with E-state index in [1.165, 1.54) is 6.42 Å². The number of nitrogens with zero attached hydrogens (tertiary/aromatic N) is 1. The molecule has 1 saturated carbocycles. The number of likely N-dealkylation sites (tertiary alicyclic amines) is 1. The van der Waals surface area contributed by atoms with Crippen molar-refractivity contribution in [2.45, 2.75) is 19.0 Å². The van der Waals surface area contributed by atoms with Gasteiger partial charge in [0.15, 0.2) is 0 Å². The monoisotopic (exact) mass is 212 g/mol. The van der Waals surface area contributed by atoms with Crippen molar-refractivity contribution in [1.29, 1.82) is 0 Å². The summed E-state index contributed by atoms with van der Waals surface area (Å²) < 4.78 is 12.8. The maximum atomic E-state index is 12.8. The topological polar surface area (TPSA) is 32.3 Å². The van der Waals surface area contributed by atoms with Crippen LogP contribution in [-0.4, -0.2) is 43.2 Å². The third-order valence-electron chi connectivity index (χ3n) is 3.83. The Labute approximate surface area is 89.0 Å². The lowest BCUT2D eigenvalue weighted by molar-refractivity contribution is -0.136. The van der Waals surface area contributed by atoms with Crippen LogP contribution in [0.25, 0.3) is 0 Å². The van der Waals surface area contributed by atoms with Crippen molar-refractivity contribution in [3.63, 3.8) is 0 Å². The number of halogens is 1. The Kier molecular flexibility index (Phi) is 2.20. The maximum absolute atomic E-state index is 12.8. The second kappa shape index (κ2) is 3.44. The molecule has 2 bridgehead atoms. The number of alkyl halides is 1. The molecule has 1 N–H and O–H groups in total. The van der Waals surface area contributed by atoms with Gasteiger partial charge in [0.1, 0.15) is 6.17 Å². The third-order valence-corrected chi connectivity index (χ3v) is 3.83. The fraction of sp³-hybridized carbons (Fsp3) is 0.909. The standard InChI is InChI=1S/C11H17FN2O/c12-10-2-9(10)11(15)14-5-7-1-8(6-14)4-13-3-7/h7-10,13H,1-6H2/t7-,8+,9-,10-/m0/s1. The number of hydrogen-bond acceptors (Lipinski definition) is 2. The minimum Gasteiger partial charge on any atom is -0.342 e. The van der Waals surface area contributed by atoms with Crippen molar-refractivity contribution < 1.29 is 9.18 Å². The van der Waals surface area contributed by atoms with E-state index in [-0.39, 0.29) is 11.8 Å². The van der Waals surface area contributed by atoms with Crippen molar-refractivity contribution in [2.75, 3.05) is 26.2 Å². The Morgan fingerprint density at radius 1 is 1.20 bits per heavy atom. The van der Waals surface area contributed by atoms with Gasteiger partial charge in [-0.3, -0.25) is 4.79 Å². The molecule has 1 aliphatic carbocycles. The molecule has 2 saturated heterocycles. The maximum Gasteiger partial charge on any atom is 0.228 e. The Balaban J connectivity index is 1.64. The van der Waals surface area contributed by atoms with Gasteiger partial charge in [0.25, 0.3) is 0 Å². The van der Waals surface area contributed by atoms with Gasteiger partial charge in [-0.2, -0.15) is 0 Å². The van der Waals surface area contributed by atoms with E-state index in [4.69, 9.17) is 0 Å². The van der Waals surface area contributed by atoms with Gasteiger partial charge in [0.05, 0.1) is 5.92 Å². The van der Waals surface area contributed by atoms with Gasteiger partial charge >= 0.3 is 0 Å². The molecule has 1 amide bonds. The average molecular weight is 212 g/mol. The number of amides is 1. The zero-order chi connectivity index (χ0) is 10.4. The highest BCUT2D eigenvalue weighted by molar-refractivity contribution is 5.82. The van der Waals surface area contributed by atoms with Crippen LogP contribution in [0.15, 0.2) is 0 Å². The van der Waals surface area contributed by atoms with Crippen molar-refractivity contribution in [3.05, 3.63) is 0 Å². The molecular weight excluding hydrogens is 195 g/mol. The Morgan fingerprint density at radius 3 is 2.33 bits per heavy atom. The molecule has 0 unspecified atom stereocenters. The minimum absolute atomic E-state index is 0.0686.